The smallest absolute Gasteiger partial charge is 0.0502 e. The molecule has 21 heavy (non-hydrogen) atoms. The molecule has 1 unspecified atom stereocenters. The molecule has 1 rings (SSSR count). The topological polar surface area (TPSA) is 21.3 Å². The van der Waals surface area contributed by atoms with E-state index in [9.17, 15) is 0 Å². The monoisotopic (exact) mass is 291 g/mol. The minimum atomic E-state index is 0.512. The standard InChI is InChI=1S/C19H33NO/c1-4-6-7-8-9-19(20-15-5-2)18-12-10-17(11-13-18)14-16-21-3/h10-13,19-20H,4-9,14-16H2,1-3H3. The van der Waals surface area contributed by atoms with Gasteiger partial charge in [-0.3, -0.25) is 0 Å². The predicted molar refractivity (Wildman–Crippen MR) is 91.8 cm³/mol. The van der Waals surface area contributed by atoms with E-state index < -0.39 is 0 Å². The van der Waals surface area contributed by atoms with Crippen molar-refractivity contribution in [2.24, 2.45) is 0 Å². The van der Waals surface area contributed by atoms with E-state index in [0.29, 0.717) is 6.04 Å². The van der Waals surface area contributed by atoms with Crippen LogP contribution >= 0.6 is 0 Å². The maximum absolute atomic E-state index is 5.14. The summed E-state index contributed by atoms with van der Waals surface area (Å²) < 4.78 is 5.14. The summed E-state index contributed by atoms with van der Waals surface area (Å²) in [4.78, 5) is 0. The fraction of sp³-hybridized carbons (Fsp3) is 0.684. The zero-order valence-corrected chi connectivity index (χ0v) is 14.2. The Kier molecular flexibility index (Phi) is 10.2. The summed E-state index contributed by atoms with van der Waals surface area (Å²) in [6, 6.07) is 9.59. The van der Waals surface area contributed by atoms with Gasteiger partial charge in [0.15, 0.2) is 0 Å². The number of benzene rings is 1. The molecule has 0 fully saturated rings. The van der Waals surface area contributed by atoms with E-state index >= 15 is 0 Å². The summed E-state index contributed by atoms with van der Waals surface area (Å²) in [6.45, 7) is 6.40. The van der Waals surface area contributed by atoms with Crippen LogP contribution in [-0.2, 0) is 11.2 Å². The van der Waals surface area contributed by atoms with Crippen molar-refractivity contribution in [1.82, 2.24) is 5.32 Å². The van der Waals surface area contributed by atoms with Crippen molar-refractivity contribution in [1.29, 1.82) is 0 Å². The van der Waals surface area contributed by atoms with Gasteiger partial charge < -0.3 is 10.1 Å². The van der Waals surface area contributed by atoms with Gasteiger partial charge in [0.1, 0.15) is 0 Å². The van der Waals surface area contributed by atoms with Crippen LogP contribution in [0.4, 0.5) is 0 Å². The molecule has 0 heterocycles. The zero-order chi connectivity index (χ0) is 15.3. The minimum Gasteiger partial charge on any atom is -0.384 e. The highest BCUT2D eigenvalue weighted by Gasteiger charge is 2.10. The number of unbranched alkanes of at least 4 members (excludes halogenated alkanes) is 3. The third-order valence-electron chi connectivity index (χ3n) is 3.96. The molecule has 0 amide bonds. The molecule has 1 aromatic rings. The lowest BCUT2D eigenvalue weighted by Gasteiger charge is -2.19. The van der Waals surface area contributed by atoms with Crippen LogP contribution in [0.25, 0.3) is 0 Å². The molecule has 0 aliphatic carbocycles. The van der Waals surface area contributed by atoms with Crippen LogP contribution in [-0.4, -0.2) is 20.3 Å². The molecule has 1 N–H and O–H groups in total. The van der Waals surface area contributed by atoms with Crippen molar-refractivity contribution in [3.63, 3.8) is 0 Å². The minimum absolute atomic E-state index is 0.512. The van der Waals surface area contributed by atoms with Crippen LogP contribution in [0.1, 0.15) is 69.5 Å². The van der Waals surface area contributed by atoms with Gasteiger partial charge in [-0.2, -0.15) is 0 Å². The third-order valence-corrected chi connectivity index (χ3v) is 3.96. The first-order valence-corrected chi connectivity index (χ1v) is 8.63. The average molecular weight is 291 g/mol. The molecule has 2 heteroatoms. The molecule has 0 aliphatic rings. The number of rotatable bonds is 12. The first-order chi connectivity index (χ1) is 10.3. The van der Waals surface area contributed by atoms with Gasteiger partial charge in [-0.25, -0.2) is 0 Å². The first kappa shape index (κ1) is 18.2. The molecular formula is C19H33NO. The van der Waals surface area contributed by atoms with E-state index in [2.05, 4.69) is 43.4 Å². The van der Waals surface area contributed by atoms with Gasteiger partial charge in [0.05, 0.1) is 6.61 Å². The van der Waals surface area contributed by atoms with E-state index in [1.165, 1.54) is 49.7 Å². The summed E-state index contributed by atoms with van der Waals surface area (Å²) in [7, 11) is 1.76. The quantitative estimate of drug-likeness (QED) is 0.554. The van der Waals surface area contributed by atoms with Crippen LogP contribution in [0.5, 0.6) is 0 Å². The Morgan fingerprint density at radius 1 is 1.00 bits per heavy atom. The van der Waals surface area contributed by atoms with Crippen molar-refractivity contribution >= 4 is 0 Å². The van der Waals surface area contributed by atoms with Crippen molar-refractivity contribution in [2.75, 3.05) is 20.3 Å². The lowest BCUT2D eigenvalue weighted by molar-refractivity contribution is 0.202. The summed E-state index contributed by atoms with van der Waals surface area (Å²) in [5.41, 5.74) is 2.79. The van der Waals surface area contributed by atoms with Gasteiger partial charge in [-0.15, -0.1) is 0 Å². The number of nitrogens with one attached hydrogen (secondary N) is 1. The maximum Gasteiger partial charge on any atom is 0.0502 e. The Hall–Kier alpha value is -0.860. The van der Waals surface area contributed by atoms with Gasteiger partial charge >= 0.3 is 0 Å². The number of hydrogen-bond acceptors (Lipinski definition) is 2. The van der Waals surface area contributed by atoms with Crippen molar-refractivity contribution < 1.29 is 4.74 Å². The Labute approximate surface area is 131 Å². The molecular weight excluding hydrogens is 258 g/mol. The van der Waals surface area contributed by atoms with Crippen molar-refractivity contribution in [3.8, 4) is 0 Å². The fourth-order valence-electron chi connectivity index (χ4n) is 2.62. The molecule has 1 aromatic carbocycles. The number of ether oxygens (including phenoxy) is 1. The molecule has 0 aliphatic heterocycles. The lowest BCUT2D eigenvalue weighted by Crippen LogP contribution is -2.22. The van der Waals surface area contributed by atoms with E-state index in [-0.39, 0.29) is 0 Å². The van der Waals surface area contributed by atoms with Gasteiger partial charge in [-0.1, -0.05) is 63.8 Å². The molecule has 1 atom stereocenters. The summed E-state index contributed by atoms with van der Waals surface area (Å²) in [6.07, 6.45) is 8.78. The van der Waals surface area contributed by atoms with Crippen LogP contribution in [0, 0.1) is 0 Å². The van der Waals surface area contributed by atoms with Crippen molar-refractivity contribution in [2.45, 2.75) is 64.8 Å². The van der Waals surface area contributed by atoms with Gasteiger partial charge in [0.2, 0.25) is 0 Å². The van der Waals surface area contributed by atoms with E-state index in [1.807, 2.05) is 0 Å². The van der Waals surface area contributed by atoms with Crippen LogP contribution in [0.3, 0.4) is 0 Å². The number of methoxy groups -OCH3 is 1. The summed E-state index contributed by atoms with van der Waals surface area (Å²) in [5.74, 6) is 0. The maximum atomic E-state index is 5.14. The van der Waals surface area contributed by atoms with Crippen molar-refractivity contribution in [3.05, 3.63) is 35.4 Å². The van der Waals surface area contributed by atoms with E-state index in [4.69, 9.17) is 4.74 Å². The molecule has 120 valence electrons. The van der Waals surface area contributed by atoms with Crippen LogP contribution < -0.4 is 5.32 Å². The fourth-order valence-corrected chi connectivity index (χ4v) is 2.62. The first-order valence-electron chi connectivity index (χ1n) is 8.63. The molecule has 0 saturated heterocycles. The largest absolute Gasteiger partial charge is 0.384 e. The molecule has 2 nitrogen and oxygen atoms in total. The Bertz CT molecular complexity index is 347. The molecule has 0 aromatic heterocycles. The van der Waals surface area contributed by atoms with Gasteiger partial charge in [-0.05, 0) is 36.9 Å². The predicted octanol–water partition coefficient (Wildman–Crippen LogP) is 4.89. The second-order valence-corrected chi connectivity index (χ2v) is 5.84. The van der Waals surface area contributed by atoms with Gasteiger partial charge in [0.25, 0.3) is 0 Å². The second kappa shape index (κ2) is 11.8. The molecule has 0 bridgehead atoms. The normalized spacial score (nSPS) is 12.5. The Morgan fingerprint density at radius 2 is 1.76 bits per heavy atom. The lowest BCUT2D eigenvalue weighted by atomic mass is 9.98. The second-order valence-electron chi connectivity index (χ2n) is 5.84. The van der Waals surface area contributed by atoms with Crippen LogP contribution in [0.15, 0.2) is 24.3 Å². The van der Waals surface area contributed by atoms with E-state index in [1.54, 1.807) is 7.11 Å². The van der Waals surface area contributed by atoms with Crippen LogP contribution in [0.2, 0.25) is 0 Å². The van der Waals surface area contributed by atoms with Gasteiger partial charge in [0, 0.05) is 13.2 Å². The molecule has 0 saturated carbocycles. The number of hydrogen-bond donors (Lipinski definition) is 1. The summed E-state index contributed by atoms with van der Waals surface area (Å²) >= 11 is 0. The third kappa shape index (κ3) is 7.63. The Morgan fingerprint density at radius 3 is 2.38 bits per heavy atom. The summed E-state index contributed by atoms with van der Waals surface area (Å²) in [5, 5.41) is 3.70. The SMILES string of the molecule is CCCCCCC(NCCC)c1ccc(CCOC)cc1. The average Bonchev–Trinajstić information content (AvgIpc) is 2.53. The van der Waals surface area contributed by atoms with E-state index in [0.717, 1.165) is 19.6 Å². The highest BCUT2D eigenvalue weighted by molar-refractivity contribution is 5.25. The highest BCUT2D eigenvalue weighted by Crippen LogP contribution is 2.21. The zero-order valence-electron chi connectivity index (χ0n) is 14.2. The molecule has 0 spiro atoms. The highest BCUT2D eigenvalue weighted by atomic mass is 16.5. The Balaban J connectivity index is 2.54. The molecule has 0 radical (unpaired) electrons.